The van der Waals surface area contributed by atoms with E-state index in [4.69, 9.17) is 10.8 Å². The molecule has 0 heterocycles. The molecule has 3 heteroatoms. The number of aliphatic hydroxyl groups is 1. The summed E-state index contributed by atoms with van der Waals surface area (Å²) in [5.74, 6) is -0.518. The molecule has 3 N–H and O–H groups in total. The van der Waals surface area contributed by atoms with Gasteiger partial charge in [0.1, 0.15) is 0 Å². The summed E-state index contributed by atoms with van der Waals surface area (Å²) in [5, 5.41) is 11.0. The Morgan fingerprint density at radius 1 is 1.17 bits per heavy atom. The number of amides is 1. The van der Waals surface area contributed by atoms with Crippen molar-refractivity contribution in [3.05, 3.63) is 54.1 Å². The molecule has 92 valence electrons. The fraction of sp³-hybridized carbons (Fsp3) is 0.133. The van der Waals surface area contributed by atoms with Gasteiger partial charge in [-0.25, -0.2) is 0 Å². The maximum absolute atomic E-state index is 11.2. The third-order valence-electron chi connectivity index (χ3n) is 3.02. The molecule has 18 heavy (non-hydrogen) atoms. The first-order valence-electron chi connectivity index (χ1n) is 5.75. The molecule has 0 aliphatic rings. The van der Waals surface area contributed by atoms with Crippen LogP contribution in [0.3, 0.4) is 0 Å². The molecule has 2 rings (SSSR count). The van der Waals surface area contributed by atoms with E-state index in [0.717, 1.165) is 21.9 Å². The van der Waals surface area contributed by atoms with E-state index in [1.54, 1.807) is 0 Å². The standard InChI is InChI=1S/C15H15NO2/c1-10(15(16)18)12-5-3-6-13-11(8-9-17)4-2-7-14(12)13/h2-7,17H,1,8-9H2,(H2,16,18). The van der Waals surface area contributed by atoms with E-state index in [-0.39, 0.29) is 6.61 Å². The van der Waals surface area contributed by atoms with Gasteiger partial charge in [0, 0.05) is 12.2 Å². The smallest absolute Gasteiger partial charge is 0.248 e. The summed E-state index contributed by atoms with van der Waals surface area (Å²) in [6.07, 6.45) is 0.587. The molecular formula is C15H15NO2. The SMILES string of the molecule is C=C(C(N)=O)c1cccc2c(CCO)cccc12. The molecular weight excluding hydrogens is 226 g/mol. The third-order valence-corrected chi connectivity index (χ3v) is 3.02. The predicted octanol–water partition coefficient (Wildman–Crippen LogP) is 1.87. The van der Waals surface area contributed by atoms with Crippen LogP contribution in [-0.2, 0) is 11.2 Å². The monoisotopic (exact) mass is 241 g/mol. The number of benzene rings is 2. The van der Waals surface area contributed by atoms with Gasteiger partial charge in [0.05, 0.1) is 0 Å². The average Bonchev–Trinajstić information content (AvgIpc) is 2.38. The highest BCUT2D eigenvalue weighted by atomic mass is 16.2. The fourth-order valence-electron chi connectivity index (χ4n) is 2.11. The quantitative estimate of drug-likeness (QED) is 0.803. The van der Waals surface area contributed by atoms with Crippen molar-refractivity contribution >= 4 is 22.3 Å². The number of carbonyl (C=O) groups is 1. The first-order valence-corrected chi connectivity index (χ1v) is 5.75. The van der Waals surface area contributed by atoms with Crippen LogP contribution in [0, 0.1) is 0 Å². The number of primary amides is 1. The third kappa shape index (κ3) is 2.13. The molecule has 0 saturated heterocycles. The van der Waals surface area contributed by atoms with Crippen molar-refractivity contribution < 1.29 is 9.90 Å². The molecule has 0 aliphatic heterocycles. The fourth-order valence-corrected chi connectivity index (χ4v) is 2.11. The predicted molar refractivity (Wildman–Crippen MR) is 73.0 cm³/mol. The van der Waals surface area contributed by atoms with Crippen molar-refractivity contribution in [1.82, 2.24) is 0 Å². The second kappa shape index (κ2) is 5.02. The molecule has 0 unspecified atom stereocenters. The van der Waals surface area contributed by atoms with Crippen LogP contribution in [0.5, 0.6) is 0 Å². The minimum atomic E-state index is -0.518. The van der Waals surface area contributed by atoms with Crippen LogP contribution in [0.2, 0.25) is 0 Å². The summed E-state index contributed by atoms with van der Waals surface area (Å²) in [5.41, 5.74) is 7.38. The first kappa shape index (κ1) is 12.3. The van der Waals surface area contributed by atoms with E-state index in [2.05, 4.69) is 6.58 Å². The Hall–Kier alpha value is -2.13. The second-order valence-electron chi connectivity index (χ2n) is 4.13. The molecule has 0 aliphatic carbocycles. The Labute approximate surface area is 106 Å². The van der Waals surface area contributed by atoms with Gasteiger partial charge in [0.15, 0.2) is 0 Å². The van der Waals surface area contributed by atoms with Crippen molar-refractivity contribution in [2.24, 2.45) is 5.73 Å². The van der Waals surface area contributed by atoms with Crippen molar-refractivity contribution in [3.8, 4) is 0 Å². The molecule has 0 radical (unpaired) electrons. The summed E-state index contributed by atoms with van der Waals surface area (Å²) >= 11 is 0. The van der Waals surface area contributed by atoms with Gasteiger partial charge in [-0.05, 0) is 28.3 Å². The van der Waals surface area contributed by atoms with E-state index in [1.165, 1.54) is 0 Å². The van der Waals surface area contributed by atoms with Crippen LogP contribution in [0.15, 0.2) is 43.0 Å². The van der Waals surface area contributed by atoms with Gasteiger partial charge in [-0.3, -0.25) is 4.79 Å². The number of hydrogen-bond donors (Lipinski definition) is 2. The Bertz CT molecular complexity index is 617. The van der Waals surface area contributed by atoms with Gasteiger partial charge in [0.25, 0.3) is 0 Å². The van der Waals surface area contributed by atoms with Crippen molar-refractivity contribution in [2.45, 2.75) is 6.42 Å². The zero-order chi connectivity index (χ0) is 13.1. The highest BCUT2D eigenvalue weighted by molar-refractivity contribution is 6.21. The molecule has 2 aromatic rings. The lowest BCUT2D eigenvalue weighted by atomic mass is 9.95. The van der Waals surface area contributed by atoms with Crippen LogP contribution in [0.25, 0.3) is 16.3 Å². The normalized spacial score (nSPS) is 10.5. The van der Waals surface area contributed by atoms with Gasteiger partial charge in [-0.1, -0.05) is 43.0 Å². The highest BCUT2D eigenvalue weighted by Gasteiger charge is 2.10. The van der Waals surface area contributed by atoms with Gasteiger partial charge >= 0.3 is 0 Å². The van der Waals surface area contributed by atoms with E-state index in [0.29, 0.717) is 12.0 Å². The summed E-state index contributed by atoms with van der Waals surface area (Å²) < 4.78 is 0. The maximum Gasteiger partial charge on any atom is 0.248 e. The molecule has 3 nitrogen and oxygen atoms in total. The molecule has 0 bridgehead atoms. The summed E-state index contributed by atoms with van der Waals surface area (Å²) in [4.78, 5) is 11.2. The lowest BCUT2D eigenvalue weighted by Crippen LogP contribution is -2.12. The van der Waals surface area contributed by atoms with Crippen molar-refractivity contribution in [1.29, 1.82) is 0 Å². The lowest BCUT2D eigenvalue weighted by molar-refractivity contribution is -0.112. The number of hydrogen-bond acceptors (Lipinski definition) is 2. The zero-order valence-electron chi connectivity index (χ0n) is 10.0. The number of aliphatic hydroxyl groups excluding tert-OH is 1. The highest BCUT2D eigenvalue weighted by Crippen LogP contribution is 2.26. The number of fused-ring (bicyclic) bond motifs is 1. The number of nitrogens with two attached hydrogens (primary N) is 1. The molecule has 2 aromatic carbocycles. The lowest BCUT2D eigenvalue weighted by Gasteiger charge is -2.10. The Kier molecular flexibility index (Phi) is 3.44. The minimum Gasteiger partial charge on any atom is -0.396 e. The summed E-state index contributed by atoms with van der Waals surface area (Å²) in [7, 11) is 0. The van der Waals surface area contributed by atoms with E-state index < -0.39 is 5.91 Å². The molecule has 0 atom stereocenters. The maximum atomic E-state index is 11.2. The average molecular weight is 241 g/mol. The van der Waals surface area contributed by atoms with E-state index >= 15 is 0 Å². The van der Waals surface area contributed by atoms with Crippen LogP contribution in [0.1, 0.15) is 11.1 Å². The largest absolute Gasteiger partial charge is 0.396 e. The summed E-state index contributed by atoms with van der Waals surface area (Å²) in [6, 6.07) is 11.5. The van der Waals surface area contributed by atoms with E-state index in [1.807, 2.05) is 36.4 Å². The van der Waals surface area contributed by atoms with E-state index in [9.17, 15) is 4.79 Å². The molecule has 0 spiro atoms. The van der Waals surface area contributed by atoms with Crippen LogP contribution < -0.4 is 5.73 Å². The number of rotatable bonds is 4. The van der Waals surface area contributed by atoms with Gasteiger partial charge < -0.3 is 10.8 Å². The molecule has 1 amide bonds. The minimum absolute atomic E-state index is 0.0973. The zero-order valence-corrected chi connectivity index (χ0v) is 10.0. The van der Waals surface area contributed by atoms with Crippen LogP contribution >= 0.6 is 0 Å². The molecule has 0 fully saturated rings. The van der Waals surface area contributed by atoms with Crippen LogP contribution in [-0.4, -0.2) is 17.6 Å². The van der Waals surface area contributed by atoms with Crippen molar-refractivity contribution in [3.63, 3.8) is 0 Å². The van der Waals surface area contributed by atoms with Gasteiger partial charge in [0.2, 0.25) is 5.91 Å². The Morgan fingerprint density at radius 2 is 1.83 bits per heavy atom. The first-order chi connectivity index (χ1) is 8.65. The molecule has 0 aromatic heterocycles. The van der Waals surface area contributed by atoms with Crippen molar-refractivity contribution in [2.75, 3.05) is 6.61 Å². The van der Waals surface area contributed by atoms with Gasteiger partial charge in [-0.15, -0.1) is 0 Å². The van der Waals surface area contributed by atoms with Gasteiger partial charge in [-0.2, -0.15) is 0 Å². The number of carbonyl (C=O) groups excluding carboxylic acids is 1. The topological polar surface area (TPSA) is 63.3 Å². The Balaban J connectivity index is 2.67. The second-order valence-corrected chi connectivity index (χ2v) is 4.13. The summed E-state index contributed by atoms with van der Waals surface area (Å²) in [6.45, 7) is 3.82. The Morgan fingerprint density at radius 3 is 2.50 bits per heavy atom. The molecule has 0 saturated carbocycles. The van der Waals surface area contributed by atoms with Crippen LogP contribution in [0.4, 0.5) is 0 Å².